The molecule has 1 N–H and O–H groups in total. The Kier molecular flexibility index (Phi) is 6.81. The normalized spacial score (nSPS) is 19.7. The van der Waals surface area contributed by atoms with Crippen LogP contribution in [0.5, 0.6) is 17.2 Å². The monoisotopic (exact) mass is 570 g/mol. The number of nitrogens with one attached hydrogen (secondary N) is 1. The van der Waals surface area contributed by atoms with Gasteiger partial charge in [0, 0.05) is 22.6 Å². The highest BCUT2D eigenvalue weighted by Crippen LogP contribution is 2.55. The molecule has 1 heterocycles. The molecule has 2 aliphatic rings. The van der Waals surface area contributed by atoms with Crippen LogP contribution in [0.3, 0.4) is 0 Å². The van der Waals surface area contributed by atoms with Crippen LogP contribution < -0.4 is 19.5 Å². The Labute approximate surface area is 222 Å². The third-order valence-electron chi connectivity index (χ3n) is 6.82. The number of nitrogens with zero attached hydrogens (tertiary/aromatic N) is 1. The third kappa shape index (κ3) is 4.29. The van der Waals surface area contributed by atoms with Gasteiger partial charge in [0.25, 0.3) is 5.69 Å². The number of hydrogen-bond acceptors (Lipinski definition) is 6. The summed E-state index contributed by atoms with van der Waals surface area (Å²) in [6, 6.07) is 14.5. The molecule has 1 aliphatic heterocycles. The van der Waals surface area contributed by atoms with Crippen LogP contribution in [0.2, 0.25) is 5.02 Å². The first-order valence-electron chi connectivity index (χ1n) is 11.4. The predicted molar refractivity (Wildman–Crippen MR) is 142 cm³/mol. The molecule has 0 spiro atoms. The summed E-state index contributed by atoms with van der Waals surface area (Å²) < 4.78 is 18.1. The molecule has 0 bridgehead atoms. The van der Waals surface area contributed by atoms with Gasteiger partial charge in [-0.1, -0.05) is 42.0 Å². The maximum atomic E-state index is 11.8. The van der Waals surface area contributed by atoms with Crippen molar-refractivity contribution in [3.63, 3.8) is 0 Å². The molecule has 0 fully saturated rings. The Morgan fingerprint density at radius 2 is 1.92 bits per heavy atom. The number of methoxy groups -OCH3 is 2. The quantitative estimate of drug-likeness (QED) is 0.180. The van der Waals surface area contributed by atoms with E-state index < -0.39 is 0 Å². The molecule has 0 radical (unpaired) electrons. The second-order valence-corrected chi connectivity index (χ2v) is 9.98. The van der Waals surface area contributed by atoms with Crippen LogP contribution >= 0.6 is 27.5 Å². The second kappa shape index (κ2) is 10.0. The van der Waals surface area contributed by atoms with E-state index in [9.17, 15) is 10.1 Å². The van der Waals surface area contributed by atoms with E-state index in [1.165, 1.54) is 6.07 Å². The lowest BCUT2D eigenvalue weighted by atomic mass is 9.76. The van der Waals surface area contributed by atoms with Gasteiger partial charge in [0.1, 0.15) is 12.4 Å². The van der Waals surface area contributed by atoms with Crippen molar-refractivity contribution < 1.29 is 19.1 Å². The summed E-state index contributed by atoms with van der Waals surface area (Å²) in [5.41, 5.74) is 3.26. The van der Waals surface area contributed by atoms with Gasteiger partial charge in [-0.05, 0) is 58.1 Å². The van der Waals surface area contributed by atoms with Crippen LogP contribution in [0.4, 0.5) is 11.4 Å². The number of nitro groups is 1. The van der Waals surface area contributed by atoms with Crippen molar-refractivity contribution in [2.45, 2.75) is 25.0 Å². The zero-order chi connectivity index (χ0) is 25.4. The molecule has 3 aromatic carbocycles. The molecule has 36 heavy (non-hydrogen) atoms. The maximum Gasteiger partial charge on any atom is 0.275 e. The maximum absolute atomic E-state index is 11.8. The van der Waals surface area contributed by atoms with E-state index in [1.54, 1.807) is 20.3 Å². The topological polar surface area (TPSA) is 82.9 Å². The van der Waals surface area contributed by atoms with E-state index in [0.29, 0.717) is 40.1 Å². The van der Waals surface area contributed by atoms with Crippen LogP contribution in [0, 0.1) is 16.0 Å². The minimum Gasteiger partial charge on any atom is -0.495 e. The summed E-state index contributed by atoms with van der Waals surface area (Å²) in [4.78, 5) is 11.5. The molecular formula is C27H24BrClN2O5. The van der Waals surface area contributed by atoms with E-state index in [2.05, 4.69) is 33.4 Å². The summed E-state index contributed by atoms with van der Waals surface area (Å²) in [7, 11) is 3.17. The van der Waals surface area contributed by atoms with Crippen LogP contribution in [-0.2, 0) is 6.61 Å². The first-order chi connectivity index (χ1) is 17.4. The average molecular weight is 572 g/mol. The largest absolute Gasteiger partial charge is 0.495 e. The Morgan fingerprint density at radius 3 is 2.64 bits per heavy atom. The number of rotatable bonds is 7. The number of allylic oxidation sites excluding steroid dienone is 2. The lowest BCUT2D eigenvalue weighted by molar-refractivity contribution is -0.385. The van der Waals surface area contributed by atoms with E-state index in [1.807, 2.05) is 36.4 Å². The minimum atomic E-state index is -0.325. The van der Waals surface area contributed by atoms with Gasteiger partial charge in [0.2, 0.25) is 0 Å². The van der Waals surface area contributed by atoms with Crippen molar-refractivity contribution in [3.05, 3.63) is 97.0 Å². The summed E-state index contributed by atoms with van der Waals surface area (Å²) in [5, 5.41) is 16.0. The molecular weight excluding hydrogens is 548 g/mol. The highest BCUT2D eigenvalue weighted by atomic mass is 79.9. The second-order valence-electron chi connectivity index (χ2n) is 8.72. The number of ether oxygens (including phenoxy) is 3. The molecule has 3 atom stereocenters. The summed E-state index contributed by atoms with van der Waals surface area (Å²) in [5.74, 6) is 1.71. The van der Waals surface area contributed by atoms with Crippen molar-refractivity contribution in [3.8, 4) is 17.2 Å². The fourth-order valence-corrected chi connectivity index (χ4v) is 5.91. The van der Waals surface area contributed by atoms with Gasteiger partial charge in [-0.25, -0.2) is 0 Å². The van der Waals surface area contributed by atoms with E-state index in [4.69, 9.17) is 25.8 Å². The first-order valence-corrected chi connectivity index (χ1v) is 12.6. The zero-order valence-electron chi connectivity index (χ0n) is 19.7. The van der Waals surface area contributed by atoms with Gasteiger partial charge < -0.3 is 19.5 Å². The van der Waals surface area contributed by atoms with Crippen LogP contribution in [0.1, 0.15) is 35.1 Å². The third-order valence-corrected chi connectivity index (χ3v) is 7.77. The Morgan fingerprint density at radius 1 is 1.14 bits per heavy atom. The molecule has 0 saturated carbocycles. The number of anilines is 1. The van der Waals surface area contributed by atoms with Gasteiger partial charge in [-0.3, -0.25) is 10.1 Å². The van der Waals surface area contributed by atoms with E-state index in [0.717, 1.165) is 22.0 Å². The van der Waals surface area contributed by atoms with Crippen LogP contribution in [0.25, 0.3) is 0 Å². The molecule has 0 aromatic heterocycles. The molecule has 3 aromatic rings. The first kappa shape index (κ1) is 24.5. The molecule has 0 saturated heterocycles. The lowest BCUT2D eigenvalue weighted by Gasteiger charge is -2.38. The SMILES string of the molecule is COc1ccc([N+](=O)[O-])c2c1N[C@H](c1cc(Br)c(OCc3ccccc3Cl)c(OC)c1)[C@H]1CC=C[C@H]21. The number of hydrogen-bond donors (Lipinski definition) is 1. The van der Waals surface area contributed by atoms with Gasteiger partial charge in [-0.2, -0.15) is 0 Å². The van der Waals surface area contributed by atoms with Crippen molar-refractivity contribution in [1.82, 2.24) is 0 Å². The molecule has 0 amide bonds. The average Bonchev–Trinajstić information content (AvgIpc) is 3.37. The molecule has 9 heteroatoms. The Hall–Kier alpha value is -3.23. The highest BCUT2D eigenvalue weighted by Gasteiger charge is 2.43. The standard InChI is InChI=1S/C27H24BrClN2O5/c1-34-22-11-10-21(31(32)33)24-17-7-5-8-18(17)25(30-26(22)24)16-12-19(28)27(23(13-16)35-2)36-14-15-6-3-4-9-20(15)29/h3-7,9-13,17-18,25,30H,8,14H2,1-2H3/t17-,18-,25+/m0/s1. The van der Waals surface area contributed by atoms with Crippen LogP contribution in [-0.4, -0.2) is 19.1 Å². The van der Waals surface area contributed by atoms with Crippen LogP contribution in [0.15, 0.2) is 65.2 Å². The van der Waals surface area contributed by atoms with Crippen molar-refractivity contribution >= 4 is 38.9 Å². The van der Waals surface area contributed by atoms with E-state index >= 15 is 0 Å². The molecule has 0 unspecified atom stereocenters. The number of halogens is 2. The van der Waals surface area contributed by atoms with Crippen molar-refractivity contribution in [2.24, 2.45) is 5.92 Å². The fourth-order valence-electron chi connectivity index (χ4n) is 5.15. The highest BCUT2D eigenvalue weighted by molar-refractivity contribution is 9.10. The molecule has 5 rings (SSSR count). The Balaban J connectivity index is 1.52. The number of fused-ring (bicyclic) bond motifs is 3. The van der Waals surface area contributed by atoms with Crippen molar-refractivity contribution in [2.75, 3.05) is 19.5 Å². The predicted octanol–water partition coefficient (Wildman–Crippen LogP) is 7.43. The summed E-state index contributed by atoms with van der Waals surface area (Å²) in [6.07, 6.45) is 4.95. The van der Waals surface area contributed by atoms with Gasteiger partial charge in [0.15, 0.2) is 11.5 Å². The molecule has 1 aliphatic carbocycles. The van der Waals surface area contributed by atoms with Gasteiger partial charge in [0.05, 0.1) is 40.9 Å². The zero-order valence-corrected chi connectivity index (χ0v) is 22.0. The number of benzene rings is 3. The molecule has 7 nitrogen and oxygen atoms in total. The van der Waals surface area contributed by atoms with Gasteiger partial charge in [-0.15, -0.1) is 0 Å². The Bertz CT molecular complexity index is 1360. The van der Waals surface area contributed by atoms with Crippen molar-refractivity contribution in [1.29, 1.82) is 0 Å². The molecule has 186 valence electrons. The number of nitro benzene ring substituents is 1. The summed E-state index contributed by atoms with van der Waals surface area (Å²) in [6.45, 7) is 0.290. The lowest BCUT2D eigenvalue weighted by Crippen LogP contribution is -2.30. The smallest absolute Gasteiger partial charge is 0.275 e. The van der Waals surface area contributed by atoms with Gasteiger partial charge >= 0.3 is 0 Å². The minimum absolute atomic E-state index is 0.0924. The summed E-state index contributed by atoms with van der Waals surface area (Å²) >= 11 is 9.95. The van der Waals surface area contributed by atoms with E-state index in [-0.39, 0.29) is 28.5 Å². The fraction of sp³-hybridized carbons (Fsp3) is 0.259.